The molecule has 5 heteroatoms. The number of quaternary nitrogens is 1. The summed E-state index contributed by atoms with van der Waals surface area (Å²) < 4.78 is 0.991. The van der Waals surface area contributed by atoms with Crippen molar-refractivity contribution in [1.29, 1.82) is 0 Å². The van der Waals surface area contributed by atoms with Gasteiger partial charge >= 0.3 is 0 Å². The van der Waals surface area contributed by atoms with E-state index < -0.39 is 0 Å². The van der Waals surface area contributed by atoms with E-state index in [1.807, 2.05) is 30.3 Å². The molecule has 0 amide bonds. The van der Waals surface area contributed by atoms with Gasteiger partial charge in [0, 0.05) is 0 Å². The predicted molar refractivity (Wildman–Crippen MR) is 98.7 cm³/mol. The molecule has 0 spiro atoms. The van der Waals surface area contributed by atoms with E-state index in [0.717, 1.165) is 33.2 Å². The van der Waals surface area contributed by atoms with Crippen molar-refractivity contribution in [3.05, 3.63) is 47.5 Å². The molecule has 25 heavy (non-hydrogen) atoms. The number of aromatic nitrogens is 3. The van der Waals surface area contributed by atoms with Gasteiger partial charge in [0.15, 0.2) is 5.75 Å². The lowest BCUT2D eigenvalue weighted by molar-refractivity contribution is -0.926. The minimum absolute atomic E-state index is 0.302. The number of phenols is 1. The minimum Gasteiger partial charge on any atom is -0.505 e. The average Bonchev–Trinajstić information content (AvgIpc) is 3.02. The number of aryl methyl sites for hydroxylation is 1. The van der Waals surface area contributed by atoms with Crippen LogP contribution < -0.4 is 0 Å². The van der Waals surface area contributed by atoms with Crippen LogP contribution in [-0.2, 0) is 6.54 Å². The fourth-order valence-corrected chi connectivity index (χ4v) is 3.92. The molecule has 2 heterocycles. The Morgan fingerprint density at radius 3 is 2.32 bits per heavy atom. The van der Waals surface area contributed by atoms with Crippen LogP contribution in [0.5, 0.6) is 5.75 Å². The number of fused-ring (bicyclic) bond motifs is 1. The Labute approximate surface area is 148 Å². The summed E-state index contributed by atoms with van der Waals surface area (Å²) in [6, 6.07) is 11.8. The summed E-state index contributed by atoms with van der Waals surface area (Å²) in [6.07, 6.45) is 3.85. The van der Waals surface area contributed by atoms with E-state index in [1.165, 1.54) is 32.4 Å². The lowest BCUT2D eigenvalue weighted by Crippen LogP contribution is -2.47. The van der Waals surface area contributed by atoms with Gasteiger partial charge in [0.25, 0.3) is 0 Å². The van der Waals surface area contributed by atoms with Crippen molar-refractivity contribution in [2.45, 2.75) is 32.7 Å². The lowest BCUT2D eigenvalue weighted by atomic mass is 10.0. The van der Waals surface area contributed by atoms with E-state index in [1.54, 1.807) is 4.80 Å². The molecule has 1 fully saturated rings. The molecule has 1 N–H and O–H groups in total. The number of rotatable bonds is 3. The van der Waals surface area contributed by atoms with Crippen molar-refractivity contribution in [3.63, 3.8) is 0 Å². The Bertz CT molecular complexity index is 876. The van der Waals surface area contributed by atoms with E-state index in [2.05, 4.69) is 30.2 Å². The second-order valence-electron chi connectivity index (χ2n) is 7.56. The van der Waals surface area contributed by atoms with Crippen LogP contribution in [0.2, 0.25) is 0 Å². The zero-order chi connectivity index (χ0) is 17.4. The Hall–Kier alpha value is -2.40. The van der Waals surface area contributed by atoms with Crippen LogP contribution in [0, 0.1) is 6.92 Å². The molecule has 1 saturated heterocycles. The van der Waals surface area contributed by atoms with Gasteiger partial charge in [-0.2, -0.15) is 0 Å². The monoisotopic (exact) mass is 337 g/mol. The van der Waals surface area contributed by atoms with Gasteiger partial charge in [-0.1, -0.05) is 12.1 Å². The number of aromatic hydroxyl groups is 1. The maximum atomic E-state index is 10.9. The first-order valence-electron chi connectivity index (χ1n) is 9.03. The highest BCUT2D eigenvalue weighted by atomic mass is 16.3. The van der Waals surface area contributed by atoms with Crippen molar-refractivity contribution in [1.82, 2.24) is 15.0 Å². The summed E-state index contributed by atoms with van der Waals surface area (Å²) in [6.45, 7) is 5.26. The largest absolute Gasteiger partial charge is 0.505 e. The lowest BCUT2D eigenvalue weighted by Gasteiger charge is -2.38. The number of likely N-dealkylation sites (tertiary alicyclic amines) is 1. The smallest absolute Gasteiger partial charge is 0.151 e. The molecule has 0 radical (unpaired) electrons. The fourth-order valence-electron chi connectivity index (χ4n) is 3.92. The molecule has 1 aliphatic rings. The van der Waals surface area contributed by atoms with Crippen molar-refractivity contribution < 1.29 is 9.59 Å². The molecule has 0 bridgehead atoms. The first-order chi connectivity index (χ1) is 12.0. The van der Waals surface area contributed by atoms with Gasteiger partial charge in [0.05, 0.1) is 25.7 Å². The first-order valence-corrected chi connectivity index (χ1v) is 9.03. The third-order valence-corrected chi connectivity index (χ3v) is 5.26. The summed E-state index contributed by atoms with van der Waals surface area (Å²) >= 11 is 0. The Morgan fingerprint density at radius 2 is 1.68 bits per heavy atom. The molecule has 0 unspecified atom stereocenters. The van der Waals surface area contributed by atoms with Crippen LogP contribution in [-0.4, -0.2) is 44.7 Å². The van der Waals surface area contributed by atoms with Crippen LogP contribution in [0.25, 0.3) is 16.7 Å². The molecular weight excluding hydrogens is 312 g/mol. The number of hydrogen-bond donors (Lipinski definition) is 1. The van der Waals surface area contributed by atoms with Gasteiger partial charge in [0.2, 0.25) is 0 Å². The highest BCUT2D eigenvalue weighted by molar-refractivity contribution is 5.73. The Kier molecular flexibility index (Phi) is 3.96. The standard InChI is InChI=1S/C20H24N4O/c1-15-12-16(14-24(2)10-6-3-7-11-24)20(25)19(13-15)23-21-17-8-4-5-9-18(17)22-23/h4-5,8-9,12-13H,3,6-7,10-11,14H2,1-2H3/p+1. The van der Waals surface area contributed by atoms with Crippen LogP contribution in [0.3, 0.4) is 0 Å². The molecule has 4 rings (SSSR count). The topological polar surface area (TPSA) is 50.9 Å². The number of hydrogen-bond acceptors (Lipinski definition) is 3. The molecule has 2 aromatic carbocycles. The molecule has 3 aromatic rings. The summed E-state index contributed by atoms with van der Waals surface area (Å²) in [5.74, 6) is 0.302. The van der Waals surface area contributed by atoms with Crippen LogP contribution in [0.1, 0.15) is 30.4 Å². The zero-order valence-electron chi connectivity index (χ0n) is 14.9. The second kappa shape index (κ2) is 6.15. The van der Waals surface area contributed by atoms with Gasteiger partial charge in [0.1, 0.15) is 23.3 Å². The number of nitrogens with zero attached hydrogens (tertiary/aromatic N) is 4. The maximum absolute atomic E-state index is 10.9. The second-order valence-corrected chi connectivity index (χ2v) is 7.56. The van der Waals surface area contributed by atoms with Gasteiger partial charge in [-0.05, 0) is 56.0 Å². The van der Waals surface area contributed by atoms with Gasteiger partial charge in [-0.3, -0.25) is 0 Å². The summed E-state index contributed by atoms with van der Waals surface area (Å²) in [7, 11) is 2.29. The van der Waals surface area contributed by atoms with Gasteiger partial charge in [-0.15, -0.1) is 15.0 Å². The molecule has 5 nitrogen and oxygen atoms in total. The van der Waals surface area contributed by atoms with E-state index in [0.29, 0.717) is 11.4 Å². The fraction of sp³-hybridized carbons (Fsp3) is 0.400. The molecule has 0 saturated carbocycles. The third-order valence-electron chi connectivity index (χ3n) is 5.26. The summed E-state index contributed by atoms with van der Waals surface area (Å²) in [4.78, 5) is 1.56. The Balaban J connectivity index is 1.75. The van der Waals surface area contributed by atoms with Crippen molar-refractivity contribution in [2.24, 2.45) is 0 Å². The normalized spacial score (nSPS) is 17.0. The number of phenolic OH excluding ortho intramolecular Hbond substituents is 1. The van der Waals surface area contributed by atoms with Crippen LogP contribution in [0.15, 0.2) is 36.4 Å². The molecule has 130 valence electrons. The minimum atomic E-state index is 0.302. The first kappa shape index (κ1) is 16.1. The van der Waals surface area contributed by atoms with Gasteiger partial charge in [-0.25, -0.2) is 0 Å². The Morgan fingerprint density at radius 1 is 1.04 bits per heavy atom. The van der Waals surface area contributed by atoms with E-state index >= 15 is 0 Å². The van der Waals surface area contributed by atoms with Crippen molar-refractivity contribution in [3.8, 4) is 11.4 Å². The summed E-state index contributed by atoms with van der Waals surface area (Å²) in [5.41, 5.74) is 4.43. The quantitative estimate of drug-likeness (QED) is 0.744. The van der Waals surface area contributed by atoms with Crippen molar-refractivity contribution in [2.75, 3.05) is 20.1 Å². The summed E-state index contributed by atoms with van der Waals surface area (Å²) in [5, 5.41) is 20.0. The van der Waals surface area contributed by atoms with E-state index in [-0.39, 0.29) is 0 Å². The molecular formula is C20H25N4O+. The molecule has 0 aliphatic carbocycles. The third kappa shape index (κ3) is 3.12. The molecule has 1 aromatic heterocycles. The zero-order valence-corrected chi connectivity index (χ0v) is 14.9. The van der Waals surface area contributed by atoms with E-state index in [9.17, 15) is 5.11 Å². The van der Waals surface area contributed by atoms with Crippen LogP contribution in [0.4, 0.5) is 0 Å². The van der Waals surface area contributed by atoms with E-state index in [4.69, 9.17) is 0 Å². The highest BCUT2D eigenvalue weighted by Crippen LogP contribution is 2.31. The SMILES string of the molecule is Cc1cc(C[N+]2(C)CCCCC2)c(O)c(-n2nc3ccccc3n2)c1. The van der Waals surface area contributed by atoms with Gasteiger partial charge < -0.3 is 9.59 Å². The number of benzene rings is 2. The molecule has 0 atom stereocenters. The predicted octanol–water partition coefficient (Wildman–Crippen LogP) is 3.57. The molecule has 1 aliphatic heterocycles. The highest BCUT2D eigenvalue weighted by Gasteiger charge is 2.27. The van der Waals surface area contributed by atoms with Crippen molar-refractivity contribution >= 4 is 11.0 Å². The number of piperidine rings is 1. The maximum Gasteiger partial charge on any atom is 0.151 e. The average molecular weight is 337 g/mol. The van der Waals surface area contributed by atoms with Crippen LogP contribution >= 0.6 is 0 Å².